The molecular weight excluding hydrogens is 406 g/mol. The maximum absolute atomic E-state index is 12.9. The fourth-order valence-electron chi connectivity index (χ4n) is 5.08. The van der Waals surface area contributed by atoms with Gasteiger partial charge in [-0.3, -0.25) is 9.48 Å². The van der Waals surface area contributed by atoms with Crippen molar-refractivity contribution in [1.29, 1.82) is 0 Å². The third kappa shape index (κ3) is 3.63. The first-order valence-corrected chi connectivity index (χ1v) is 11.7. The molecule has 1 saturated heterocycles. The zero-order valence-electron chi connectivity index (χ0n) is 19.1. The summed E-state index contributed by atoms with van der Waals surface area (Å²) < 4.78 is 10.2. The summed E-state index contributed by atoms with van der Waals surface area (Å²) in [6.07, 6.45) is 9.75. The Hall–Kier alpha value is -2.97. The van der Waals surface area contributed by atoms with Gasteiger partial charge in [0.25, 0.3) is 0 Å². The van der Waals surface area contributed by atoms with Crippen molar-refractivity contribution in [2.75, 3.05) is 13.1 Å². The van der Waals surface area contributed by atoms with Crippen LogP contribution in [0.1, 0.15) is 51.1 Å². The largest absolute Gasteiger partial charge is 0.471 e. The predicted molar refractivity (Wildman–Crippen MR) is 120 cm³/mol. The second-order valence-electron chi connectivity index (χ2n) is 8.95. The molecule has 1 aliphatic carbocycles. The normalized spacial score (nSPS) is 19.7. The molecule has 1 amide bonds. The Morgan fingerprint density at radius 2 is 2.00 bits per heavy atom. The zero-order valence-corrected chi connectivity index (χ0v) is 19.1. The molecule has 9 heteroatoms. The van der Waals surface area contributed by atoms with Gasteiger partial charge in [-0.25, -0.2) is 9.97 Å². The summed E-state index contributed by atoms with van der Waals surface area (Å²) in [4.78, 5) is 28.5. The highest BCUT2D eigenvalue weighted by atomic mass is 16.5. The molecule has 1 unspecified atom stereocenters. The lowest BCUT2D eigenvalue weighted by Gasteiger charge is -2.26. The first-order chi connectivity index (χ1) is 15.6. The molecule has 2 fully saturated rings. The zero-order chi connectivity index (χ0) is 22.2. The number of carbonyl (C=O) groups excluding carboxylic acids is 1. The van der Waals surface area contributed by atoms with Crippen molar-refractivity contribution in [2.45, 2.75) is 65.0 Å². The Morgan fingerprint density at radius 1 is 1.19 bits per heavy atom. The number of fused-ring (bicyclic) bond motifs is 1. The smallest absolute Gasteiger partial charge is 0.245 e. The second kappa shape index (κ2) is 8.52. The highest BCUT2D eigenvalue weighted by Crippen LogP contribution is 2.31. The van der Waals surface area contributed by atoms with Gasteiger partial charge in [0.1, 0.15) is 18.3 Å². The van der Waals surface area contributed by atoms with E-state index in [0.29, 0.717) is 23.8 Å². The van der Waals surface area contributed by atoms with Crippen LogP contribution in [-0.2, 0) is 18.4 Å². The molecule has 0 bridgehead atoms. The molecule has 3 aromatic rings. The number of aryl methyl sites for hydroxylation is 2. The molecule has 0 radical (unpaired) electrons. The standard InChI is InChI=1S/C23H31N7O2/c1-4-30-15(2)18(12-26-30)20-27-19-21(28(20)3)24-14-25-22(19)32-17-10-11-29(13-17)23(31)16-8-6-5-7-9-16/h12,14,16-17H,4-11,13H2,1-3H3. The quantitative estimate of drug-likeness (QED) is 0.609. The minimum Gasteiger partial charge on any atom is -0.471 e. The lowest BCUT2D eigenvalue weighted by Crippen LogP contribution is -2.36. The molecule has 1 saturated carbocycles. The van der Waals surface area contributed by atoms with Gasteiger partial charge in [0.05, 0.1) is 18.3 Å². The average molecular weight is 438 g/mol. The average Bonchev–Trinajstić information content (AvgIpc) is 3.52. The molecule has 0 aromatic carbocycles. The van der Waals surface area contributed by atoms with Crippen molar-refractivity contribution in [2.24, 2.45) is 13.0 Å². The molecule has 2 aliphatic rings. The van der Waals surface area contributed by atoms with Crippen LogP contribution in [0.15, 0.2) is 12.5 Å². The number of ether oxygens (including phenoxy) is 1. The summed E-state index contributed by atoms with van der Waals surface area (Å²) in [5.41, 5.74) is 3.41. The van der Waals surface area contributed by atoms with Gasteiger partial charge < -0.3 is 14.2 Å². The maximum Gasteiger partial charge on any atom is 0.245 e. The van der Waals surface area contributed by atoms with Gasteiger partial charge >= 0.3 is 0 Å². The van der Waals surface area contributed by atoms with Crippen molar-refractivity contribution in [3.05, 3.63) is 18.2 Å². The van der Waals surface area contributed by atoms with Crippen LogP contribution in [0, 0.1) is 12.8 Å². The monoisotopic (exact) mass is 437 g/mol. The van der Waals surface area contributed by atoms with Gasteiger partial charge in [0.2, 0.25) is 11.8 Å². The number of hydrogen-bond acceptors (Lipinski definition) is 6. The number of aromatic nitrogens is 6. The third-order valence-electron chi connectivity index (χ3n) is 6.96. The van der Waals surface area contributed by atoms with Gasteiger partial charge in [0, 0.05) is 38.2 Å². The van der Waals surface area contributed by atoms with E-state index < -0.39 is 0 Å². The number of likely N-dealkylation sites (tertiary alicyclic amines) is 1. The molecule has 0 spiro atoms. The van der Waals surface area contributed by atoms with E-state index in [-0.39, 0.29) is 12.0 Å². The van der Waals surface area contributed by atoms with E-state index >= 15 is 0 Å². The van der Waals surface area contributed by atoms with E-state index in [1.165, 1.54) is 25.6 Å². The van der Waals surface area contributed by atoms with Crippen molar-refractivity contribution in [3.63, 3.8) is 0 Å². The second-order valence-corrected chi connectivity index (χ2v) is 8.95. The van der Waals surface area contributed by atoms with Crippen LogP contribution in [-0.4, -0.2) is 59.3 Å². The molecular formula is C23H31N7O2. The number of rotatable bonds is 5. The summed E-state index contributed by atoms with van der Waals surface area (Å²) in [6.45, 7) is 6.28. The van der Waals surface area contributed by atoms with Crippen LogP contribution in [0.3, 0.4) is 0 Å². The van der Waals surface area contributed by atoms with Gasteiger partial charge in [-0.05, 0) is 26.7 Å². The molecule has 4 heterocycles. The Labute approximate surface area is 187 Å². The van der Waals surface area contributed by atoms with Crippen LogP contribution in [0.4, 0.5) is 0 Å². The van der Waals surface area contributed by atoms with Gasteiger partial charge in [-0.15, -0.1) is 0 Å². The molecule has 1 atom stereocenters. The Balaban J connectivity index is 1.36. The molecule has 0 N–H and O–H groups in total. The summed E-state index contributed by atoms with van der Waals surface area (Å²) in [6, 6.07) is 0. The molecule has 9 nitrogen and oxygen atoms in total. The Kier molecular flexibility index (Phi) is 5.57. The molecule has 32 heavy (non-hydrogen) atoms. The predicted octanol–water partition coefficient (Wildman–Crippen LogP) is 3.12. The van der Waals surface area contributed by atoms with Gasteiger partial charge in [-0.1, -0.05) is 19.3 Å². The number of hydrogen-bond donors (Lipinski definition) is 0. The first-order valence-electron chi connectivity index (χ1n) is 11.7. The van der Waals surface area contributed by atoms with E-state index in [9.17, 15) is 4.79 Å². The Bertz CT molecular complexity index is 1130. The van der Waals surface area contributed by atoms with Crippen molar-refractivity contribution >= 4 is 17.1 Å². The van der Waals surface area contributed by atoms with Crippen LogP contribution in [0.25, 0.3) is 22.6 Å². The highest BCUT2D eigenvalue weighted by molar-refractivity contribution is 5.81. The number of nitrogens with zero attached hydrogens (tertiary/aromatic N) is 7. The van der Waals surface area contributed by atoms with Crippen molar-refractivity contribution in [3.8, 4) is 17.3 Å². The summed E-state index contributed by atoms with van der Waals surface area (Å²) in [5, 5.41) is 4.45. The molecule has 170 valence electrons. The fraction of sp³-hybridized carbons (Fsp3) is 0.609. The summed E-state index contributed by atoms with van der Waals surface area (Å²) in [7, 11) is 1.95. The third-order valence-corrected chi connectivity index (χ3v) is 6.96. The van der Waals surface area contributed by atoms with Crippen LogP contribution >= 0.6 is 0 Å². The van der Waals surface area contributed by atoms with Gasteiger partial charge in [0.15, 0.2) is 11.2 Å². The van der Waals surface area contributed by atoms with E-state index in [2.05, 4.69) is 22.0 Å². The van der Waals surface area contributed by atoms with Crippen molar-refractivity contribution < 1.29 is 9.53 Å². The van der Waals surface area contributed by atoms with E-state index in [1.807, 2.05) is 34.3 Å². The summed E-state index contributed by atoms with van der Waals surface area (Å²) >= 11 is 0. The van der Waals surface area contributed by atoms with E-state index in [1.54, 1.807) is 0 Å². The van der Waals surface area contributed by atoms with Crippen LogP contribution < -0.4 is 4.74 Å². The summed E-state index contributed by atoms with van der Waals surface area (Å²) in [5.74, 6) is 1.77. The number of amides is 1. The maximum atomic E-state index is 12.9. The Morgan fingerprint density at radius 3 is 2.75 bits per heavy atom. The SMILES string of the molecule is CCn1ncc(-c2nc3c(OC4CCN(C(=O)C5CCCCC5)C4)ncnc3n2C)c1C. The number of carbonyl (C=O) groups is 1. The lowest BCUT2D eigenvalue weighted by molar-refractivity contribution is -0.135. The lowest BCUT2D eigenvalue weighted by atomic mass is 9.88. The van der Waals surface area contributed by atoms with E-state index in [4.69, 9.17) is 9.72 Å². The number of imidazole rings is 1. The molecule has 3 aromatic heterocycles. The molecule has 1 aliphatic heterocycles. The molecule has 5 rings (SSSR count). The topological polar surface area (TPSA) is 91.0 Å². The van der Waals surface area contributed by atoms with Crippen LogP contribution in [0.2, 0.25) is 0 Å². The van der Waals surface area contributed by atoms with Crippen molar-refractivity contribution in [1.82, 2.24) is 34.2 Å². The van der Waals surface area contributed by atoms with E-state index in [0.717, 1.165) is 55.1 Å². The highest BCUT2D eigenvalue weighted by Gasteiger charge is 2.33. The fourth-order valence-corrected chi connectivity index (χ4v) is 5.08. The van der Waals surface area contributed by atoms with Gasteiger partial charge in [-0.2, -0.15) is 10.1 Å². The first kappa shape index (κ1) is 20.9. The van der Waals surface area contributed by atoms with Crippen LogP contribution in [0.5, 0.6) is 5.88 Å². The minimum atomic E-state index is -0.0734. The minimum absolute atomic E-state index is 0.0734.